The smallest absolute Gasteiger partial charge is 0.354 e. The van der Waals surface area contributed by atoms with E-state index in [4.69, 9.17) is 17.2 Å². The van der Waals surface area contributed by atoms with Crippen LogP contribution in [0.3, 0.4) is 0 Å². The Morgan fingerprint density at radius 3 is 2.38 bits per heavy atom. The van der Waals surface area contributed by atoms with Crippen molar-refractivity contribution in [1.82, 2.24) is 14.5 Å². The maximum Gasteiger partial charge on any atom is 0.390 e. The molecule has 128 valence electrons. The zero-order valence-electron chi connectivity index (χ0n) is 14.3. The zero-order valence-corrected chi connectivity index (χ0v) is 17.5. The molecular weight excluding hydrogens is 378 g/mol. The molecule has 5 nitrogen and oxygen atoms in total. The number of rotatable bonds is 2. The van der Waals surface area contributed by atoms with Gasteiger partial charge in [-0.2, -0.15) is 4.99 Å². The molecule has 0 spiro atoms. The van der Waals surface area contributed by atoms with Gasteiger partial charge in [0.1, 0.15) is 0 Å². The quantitative estimate of drug-likeness (QED) is 0.255. The molecule has 0 aliphatic heterocycles. The first kappa shape index (κ1) is 19.0. The molecule has 0 bridgehead atoms. The number of benzene rings is 1. The van der Waals surface area contributed by atoms with Crippen LogP contribution < -0.4 is 14.3 Å². The van der Waals surface area contributed by atoms with E-state index in [1.807, 2.05) is 74.3 Å². The lowest BCUT2D eigenvalue weighted by Gasteiger charge is -2.20. The third-order valence-electron chi connectivity index (χ3n) is 2.92. The molecule has 9 heteroatoms. The first-order valence-corrected chi connectivity index (χ1v) is 10.9. The number of thiocarbonyl (C=S) groups is 1. The molecule has 1 heterocycles. The Kier molecular flexibility index (Phi) is 6.90. The van der Waals surface area contributed by atoms with E-state index in [2.05, 4.69) is 9.89 Å². The van der Waals surface area contributed by atoms with Gasteiger partial charge in [0, 0.05) is 29.4 Å². The van der Waals surface area contributed by atoms with Crippen molar-refractivity contribution in [2.24, 2.45) is 4.99 Å². The standard InChI is InChI=1S/C15H20N5S4/c1-18(2)12(21)16-14(22-5)20(11-9-7-6-8-10-11)15-17-13(19(3)4)23-24-15/h6-10H,1-5H3/q+1. The molecule has 0 amide bonds. The molecule has 0 fully saturated rings. The molecule has 0 N–H and O–H groups in total. The van der Waals surface area contributed by atoms with Crippen LogP contribution in [-0.4, -0.2) is 54.6 Å². The largest absolute Gasteiger partial charge is 0.390 e. The monoisotopic (exact) mass is 398 g/mol. The number of amidine groups is 1. The van der Waals surface area contributed by atoms with Crippen LogP contribution in [0.4, 0.5) is 10.8 Å². The molecule has 0 aliphatic rings. The first-order valence-electron chi connectivity index (χ1n) is 7.10. The third kappa shape index (κ3) is 4.62. The predicted molar refractivity (Wildman–Crippen MR) is 113 cm³/mol. The normalized spacial score (nSPS) is 11.3. The second kappa shape index (κ2) is 8.70. The molecule has 0 saturated heterocycles. The van der Waals surface area contributed by atoms with Crippen LogP contribution in [-0.2, 0) is 0 Å². The van der Waals surface area contributed by atoms with Crippen molar-refractivity contribution < 1.29 is 0 Å². The Morgan fingerprint density at radius 2 is 1.88 bits per heavy atom. The summed E-state index contributed by atoms with van der Waals surface area (Å²) in [5.74, 6) is 0. The number of aromatic nitrogens is 1. The second-order valence-corrected chi connectivity index (χ2v) is 8.39. The fourth-order valence-electron chi connectivity index (χ4n) is 1.70. The molecule has 2 aromatic rings. The van der Waals surface area contributed by atoms with Crippen LogP contribution in [0.25, 0.3) is 0 Å². The van der Waals surface area contributed by atoms with Gasteiger partial charge >= 0.3 is 9.93 Å². The van der Waals surface area contributed by atoms with Crippen molar-refractivity contribution >= 4 is 65.8 Å². The Balaban J connectivity index is 2.58. The van der Waals surface area contributed by atoms with Gasteiger partial charge in [0.2, 0.25) is 0 Å². The minimum absolute atomic E-state index is 0.536. The highest BCUT2D eigenvalue weighted by Gasteiger charge is 2.24. The Morgan fingerprint density at radius 1 is 1.21 bits per heavy atom. The summed E-state index contributed by atoms with van der Waals surface area (Å²) in [6.45, 7) is 0. The maximum absolute atomic E-state index is 5.36. The molecule has 2 rings (SSSR count). The highest BCUT2D eigenvalue weighted by molar-refractivity contribution is 8.13. The molecule has 24 heavy (non-hydrogen) atoms. The molecule has 0 unspecified atom stereocenters. The van der Waals surface area contributed by atoms with Gasteiger partial charge in [-0.15, -0.1) is 0 Å². The average Bonchev–Trinajstić information content (AvgIpc) is 3.04. The predicted octanol–water partition coefficient (Wildman–Crippen LogP) is 2.94. The van der Waals surface area contributed by atoms with Gasteiger partial charge in [0.15, 0.2) is 10.3 Å². The number of anilines is 2. The van der Waals surface area contributed by atoms with Crippen molar-refractivity contribution in [3.05, 3.63) is 35.1 Å². The maximum atomic E-state index is 5.36. The molecule has 0 saturated carbocycles. The number of hydrogen-bond acceptors (Lipinski definition) is 5. The van der Waals surface area contributed by atoms with E-state index in [-0.39, 0.29) is 0 Å². The van der Waals surface area contributed by atoms with Crippen LogP contribution in [0.5, 0.6) is 0 Å². The zero-order chi connectivity index (χ0) is 17.7. The fraction of sp³-hybridized carbons (Fsp3) is 0.333. The van der Waals surface area contributed by atoms with Crippen LogP contribution in [0, 0.1) is 0 Å². The van der Waals surface area contributed by atoms with Gasteiger partial charge < -0.3 is 4.90 Å². The summed E-state index contributed by atoms with van der Waals surface area (Å²) in [6.07, 6.45) is 2.00. The van der Waals surface area contributed by atoms with E-state index in [0.29, 0.717) is 5.11 Å². The summed E-state index contributed by atoms with van der Waals surface area (Å²) in [7, 11) is 11.0. The lowest BCUT2D eigenvalue weighted by atomic mass is 10.3. The van der Waals surface area contributed by atoms with Gasteiger partial charge in [0.25, 0.3) is 0 Å². The lowest BCUT2D eigenvalue weighted by Crippen LogP contribution is -2.28. The van der Waals surface area contributed by atoms with Gasteiger partial charge in [-0.1, -0.05) is 30.0 Å². The summed E-state index contributed by atoms with van der Waals surface area (Å²) < 4.78 is 2.01. The van der Waals surface area contributed by atoms with Gasteiger partial charge in [-0.25, -0.2) is 4.90 Å². The van der Waals surface area contributed by atoms with Gasteiger partial charge in [-0.05, 0) is 40.9 Å². The van der Waals surface area contributed by atoms with Crippen LogP contribution in [0.15, 0.2) is 35.3 Å². The Hall–Kier alpha value is -1.29. The number of nitrogens with zero attached hydrogens (tertiary/aromatic N) is 5. The van der Waals surface area contributed by atoms with Crippen molar-refractivity contribution in [3.8, 4) is 0 Å². The first-order chi connectivity index (χ1) is 11.4. The SMILES string of the molecule is CSC(=NC(=S)N(C)C)N(c1ccccc1)c1nc(=[N+](C)C)ss1. The average molecular weight is 399 g/mol. The molecule has 0 aliphatic carbocycles. The fourth-order valence-corrected chi connectivity index (χ4v) is 4.67. The van der Waals surface area contributed by atoms with Gasteiger partial charge in [-0.3, -0.25) is 4.58 Å². The van der Waals surface area contributed by atoms with Crippen molar-refractivity contribution in [1.29, 1.82) is 0 Å². The molecule has 0 radical (unpaired) electrons. The van der Waals surface area contributed by atoms with Crippen LogP contribution >= 0.6 is 44.7 Å². The summed E-state index contributed by atoms with van der Waals surface area (Å²) >= 11 is 6.91. The number of hydrogen-bond donors (Lipinski definition) is 0. The summed E-state index contributed by atoms with van der Waals surface area (Å²) in [6, 6.07) is 10.1. The topological polar surface area (TPSA) is 34.7 Å². The minimum atomic E-state index is 0.536. The lowest BCUT2D eigenvalue weighted by molar-refractivity contribution is 0.629. The summed E-state index contributed by atoms with van der Waals surface area (Å²) in [5, 5.41) is 2.21. The summed E-state index contributed by atoms with van der Waals surface area (Å²) in [5.41, 5.74) is 1.01. The highest BCUT2D eigenvalue weighted by atomic mass is 32.9. The Labute approximate surface area is 159 Å². The molecule has 0 atom stereocenters. The van der Waals surface area contributed by atoms with E-state index in [1.165, 1.54) is 0 Å². The molecule has 1 aromatic carbocycles. The van der Waals surface area contributed by atoms with E-state index in [1.54, 1.807) is 32.4 Å². The number of aliphatic imine (C=N–C) groups is 1. The summed E-state index contributed by atoms with van der Waals surface area (Å²) in [4.78, 5) is 14.2. The van der Waals surface area contributed by atoms with Gasteiger partial charge in [0.05, 0.1) is 19.8 Å². The van der Waals surface area contributed by atoms with E-state index in [9.17, 15) is 0 Å². The van der Waals surface area contributed by atoms with Crippen LogP contribution in [0.2, 0.25) is 0 Å². The molecule has 1 aromatic heterocycles. The van der Waals surface area contributed by atoms with E-state index in [0.717, 1.165) is 20.8 Å². The van der Waals surface area contributed by atoms with Crippen molar-refractivity contribution in [2.75, 3.05) is 39.3 Å². The van der Waals surface area contributed by atoms with Crippen molar-refractivity contribution in [2.45, 2.75) is 0 Å². The molecular formula is C15H20N5S4+. The van der Waals surface area contributed by atoms with Crippen LogP contribution in [0.1, 0.15) is 0 Å². The third-order valence-corrected chi connectivity index (χ3v) is 6.27. The van der Waals surface area contributed by atoms with E-state index < -0.39 is 0 Å². The minimum Gasteiger partial charge on any atom is -0.354 e. The number of para-hydroxylation sites is 1. The highest BCUT2D eigenvalue weighted by Crippen LogP contribution is 2.30. The number of thioether (sulfide) groups is 1. The van der Waals surface area contributed by atoms with E-state index >= 15 is 0 Å². The van der Waals surface area contributed by atoms with Crippen molar-refractivity contribution in [3.63, 3.8) is 0 Å². The Bertz CT molecular complexity index is 787. The second-order valence-electron chi connectivity index (χ2n) is 5.18.